The normalized spacial score (nSPS) is 12.0. The Labute approximate surface area is 161 Å². The van der Waals surface area contributed by atoms with E-state index < -0.39 is 0 Å². The van der Waals surface area contributed by atoms with Crippen molar-refractivity contribution in [3.63, 3.8) is 0 Å². The van der Waals surface area contributed by atoms with E-state index in [9.17, 15) is 4.79 Å². The first-order chi connectivity index (χ1) is 13.2. The molecule has 0 aliphatic carbocycles. The second-order valence-electron chi connectivity index (χ2n) is 6.57. The molecule has 27 heavy (non-hydrogen) atoms. The Morgan fingerprint density at radius 1 is 0.852 bits per heavy atom. The molecular weight excluding hydrogens is 332 g/mol. The average molecular weight is 356 g/mol. The number of rotatable bonds is 8. The molecule has 136 valence electrons. The molecule has 0 aromatic heterocycles. The van der Waals surface area contributed by atoms with Crippen molar-refractivity contribution in [3.05, 3.63) is 114 Å². The van der Waals surface area contributed by atoms with Gasteiger partial charge in [-0.2, -0.15) is 0 Å². The van der Waals surface area contributed by atoms with Crippen molar-refractivity contribution in [2.45, 2.75) is 20.0 Å². The largest absolute Gasteiger partial charge is 0.489 e. The average Bonchev–Trinajstić information content (AvgIpc) is 2.73. The number of allylic oxidation sites excluding steroid dienone is 2. The van der Waals surface area contributed by atoms with Crippen LogP contribution in [0.15, 0.2) is 97.1 Å². The summed E-state index contributed by atoms with van der Waals surface area (Å²) in [7, 11) is 0. The maximum atomic E-state index is 12.6. The van der Waals surface area contributed by atoms with Crippen LogP contribution in [-0.4, -0.2) is 5.78 Å². The van der Waals surface area contributed by atoms with E-state index in [0.29, 0.717) is 12.2 Å². The molecule has 3 rings (SSSR count). The second-order valence-corrected chi connectivity index (χ2v) is 6.57. The zero-order valence-corrected chi connectivity index (χ0v) is 15.5. The molecule has 0 saturated carbocycles. The predicted octanol–water partition coefficient (Wildman–Crippen LogP) is 5.88. The number of benzene rings is 3. The lowest BCUT2D eigenvalue weighted by Crippen LogP contribution is -2.08. The molecule has 0 aliphatic rings. The van der Waals surface area contributed by atoms with Crippen LogP contribution < -0.4 is 4.74 Å². The van der Waals surface area contributed by atoms with Gasteiger partial charge in [0.15, 0.2) is 5.78 Å². The van der Waals surface area contributed by atoms with Gasteiger partial charge < -0.3 is 4.74 Å². The van der Waals surface area contributed by atoms with Crippen molar-refractivity contribution in [2.75, 3.05) is 0 Å². The zero-order valence-electron chi connectivity index (χ0n) is 15.5. The molecule has 0 N–H and O–H groups in total. The maximum Gasteiger partial charge on any atom is 0.169 e. The fourth-order valence-electron chi connectivity index (χ4n) is 2.83. The van der Waals surface area contributed by atoms with Crippen LogP contribution in [0.3, 0.4) is 0 Å². The van der Waals surface area contributed by atoms with E-state index in [1.54, 1.807) is 0 Å². The molecular formula is C25H24O2. The first kappa shape index (κ1) is 18.7. The number of ether oxygens (including phenoxy) is 1. The van der Waals surface area contributed by atoms with Crippen molar-refractivity contribution in [2.24, 2.45) is 5.92 Å². The molecule has 0 saturated heterocycles. The first-order valence-electron chi connectivity index (χ1n) is 9.24. The fourth-order valence-corrected chi connectivity index (χ4v) is 2.83. The van der Waals surface area contributed by atoms with E-state index in [4.69, 9.17) is 4.74 Å². The van der Waals surface area contributed by atoms with Crippen molar-refractivity contribution < 1.29 is 9.53 Å². The SMILES string of the molecule is C[C@@H](/C=C/Cc1ccccc1)C(=O)c1ccc(OCc2ccccc2)cc1. The molecule has 0 amide bonds. The van der Waals surface area contributed by atoms with Crippen LogP contribution in [0.1, 0.15) is 28.4 Å². The topological polar surface area (TPSA) is 26.3 Å². The summed E-state index contributed by atoms with van der Waals surface area (Å²) in [5.74, 6) is 0.737. The van der Waals surface area contributed by atoms with Gasteiger partial charge in [-0.1, -0.05) is 79.7 Å². The van der Waals surface area contributed by atoms with Crippen LogP contribution in [0.25, 0.3) is 0 Å². The second kappa shape index (κ2) is 9.54. The number of ketones is 1. The summed E-state index contributed by atoms with van der Waals surface area (Å²) in [4.78, 5) is 12.6. The van der Waals surface area contributed by atoms with Gasteiger partial charge in [0.2, 0.25) is 0 Å². The molecule has 0 spiro atoms. The Balaban J connectivity index is 1.53. The highest BCUT2D eigenvalue weighted by atomic mass is 16.5. The van der Waals surface area contributed by atoms with E-state index >= 15 is 0 Å². The fraction of sp³-hybridized carbons (Fsp3) is 0.160. The molecule has 0 heterocycles. The molecule has 2 nitrogen and oxygen atoms in total. The third-order valence-corrected chi connectivity index (χ3v) is 4.42. The van der Waals surface area contributed by atoms with Gasteiger partial charge in [0.1, 0.15) is 12.4 Å². The number of Topliss-reactive ketones (excluding diaryl/α,β-unsaturated/α-hetero) is 1. The first-order valence-corrected chi connectivity index (χ1v) is 9.24. The van der Waals surface area contributed by atoms with Crippen molar-refractivity contribution in [3.8, 4) is 5.75 Å². The van der Waals surface area contributed by atoms with Crippen molar-refractivity contribution >= 4 is 5.78 Å². The smallest absolute Gasteiger partial charge is 0.169 e. The Kier molecular flexibility index (Phi) is 6.59. The summed E-state index contributed by atoms with van der Waals surface area (Å²) in [5.41, 5.74) is 3.07. The Bertz CT molecular complexity index is 865. The third kappa shape index (κ3) is 5.68. The lowest BCUT2D eigenvalue weighted by Gasteiger charge is -2.09. The van der Waals surface area contributed by atoms with E-state index in [2.05, 4.69) is 18.2 Å². The minimum absolute atomic E-state index is 0.119. The Morgan fingerprint density at radius 3 is 2.07 bits per heavy atom. The summed E-state index contributed by atoms with van der Waals surface area (Å²) < 4.78 is 5.78. The summed E-state index contributed by atoms with van der Waals surface area (Å²) in [5, 5.41) is 0. The molecule has 0 aliphatic heterocycles. The highest BCUT2D eigenvalue weighted by Gasteiger charge is 2.12. The van der Waals surface area contributed by atoms with Gasteiger partial charge in [0, 0.05) is 11.5 Å². The zero-order chi connectivity index (χ0) is 18.9. The number of carbonyl (C=O) groups is 1. The van der Waals surface area contributed by atoms with Gasteiger partial charge in [0.25, 0.3) is 0 Å². The van der Waals surface area contributed by atoms with Gasteiger partial charge in [-0.3, -0.25) is 4.79 Å². The summed E-state index contributed by atoms with van der Waals surface area (Å²) in [6.45, 7) is 2.45. The van der Waals surface area contributed by atoms with Gasteiger partial charge in [-0.15, -0.1) is 0 Å². The minimum Gasteiger partial charge on any atom is -0.489 e. The predicted molar refractivity (Wildman–Crippen MR) is 110 cm³/mol. The van der Waals surface area contributed by atoms with Crippen LogP contribution in [-0.2, 0) is 13.0 Å². The van der Waals surface area contributed by atoms with Crippen LogP contribution >= 0.6 is 0 Å². The van der Waals surface area contributed by atoms with E-state index in [1.807, 2.05) is 85.8 Å². The summed E-state index contributed by atoms with van der Waals surface area (Å²) in [6.07, 6.45) is 4.88. The van der Waals surface area contributed by atoms with E-state index in [-0.39, 0.29) is 11.7 Å². The molecule has 0 bridgehead atoms. The third-order valence-electron chi connectivity index (χ3n) is 4.42. The summed E-state index contributed by atoms with van der Waals surface area (Å²) >= 11 is 0. The molecule has 1 atom stereocenters. The van der Waals surface area contributed by atoms with Crippen molar-refractivity contribution in [1.82, 2.24) is 0 Å². The lowest BCUT2D eigenvalue weighted by molar-refractivity contribution is 0.0953. The molecule has 3 aromatic rings. The van der Waals surface area contributed by atoms with Gasteiger partial charge in [0.05, 0.1) is 0 Å². The highest BCUT2D eigenvalue weighted by molar-refractivity contribution is 5.98. The number of carbonyl (C=O) groups excluding carboxylic acids is 1. The summed E-state index contributed by atoms with van der Waals surface area (Å²) in [6, 6.07) is 27.7. The van der Waals surface area contributed by atoms with E-state index in [0.717, 1.165) is 17.7 Å². The number of hydrogen-bond acceptors (Lipinski definition) is 2. The molecule has 0 radical (unpaired) electrons. The Morgan fingerprint density at radius 2 is 1.44 bits per heavy atom. The highest BCUT2D eigenvalue weighted by Crippen LogP contribution is 2.17. The van der Waals surface area contributed by atoms with Gasteiger partial charge in [-0.25, -0.2) is 0 Å². The lowest BCUT2D eigenvalue weighted by atomic mass is 9.98. The maximum absolute atomic E-state index is 12.6. The molecule has 0 unspecified atom stereocenters. The van der Waals surface area contributed by atoms with E-state index in [1.165, 1.54) is 5.56 Å². The molecule has 3 aromatic carbocycles. The van der Waals surface area contributed by atoms with Crippen LogP contribution in [0.5, 0.6) is 5.75 Å². The molecule has 2 heteroatoms. The number of hydrogen-bond donors (Lipinski definition) is 0. The molecule has 0 fully saturated rings. The van der Waals surface area contributed by atoms with Crippen LogP contribution in [0.2, 0.25) is 0 Å². The quantitative estimate of drug-likeness (QED) is 0.372. The minimum atomic E-state index is -0.148. The van der Waals surface area contributed by atoms with Crippen LogP contribution in [0.4, 0.5) is 0 Å². The van der Waals surface area contributed by atoms with Crippen LogP contribution in [0, 0.1) is 5.92 Å². The Hall–Kier alpha value is -3.13. The van der Waals surface area contributed by atoms with Crippen molar-refractivity contribution in [1.29, 1.82) is 0 Å². The van der Waals surface area contributed by atoms with Gasteiger partial charge in [-0.05, 0) is 41.8 Å². The monoisotopic (exact) mass is 356 g/mol. The standard InChI is InChI=1S/C25H24O2/c1-20(9-8-14-21-10-4-2-5-11-21)25(26)23-15-17-24(18-16-23)27-19-22-12-6-3-7-13-22/h2-13,15-18,20H,14,19H2,1H3/b9-8+/t20-/m0/s1. The van der Waals surface area contributed by atoms with Gasteiger partial charge >= 0.3 is 0 Å².